The number of carbonyl (C=O) groups excluding carboxylic acids is 2. The van der Waals surface area contributed by atoms with Gasteiger partial charge in [0.05, 0.1) is 10.2 Å². The van der Waals surface area contributed by atoms with Gasteiger partial charge in [0, 0.05) is 25.9 Å². The van der Waals surface area contributed by atoms with Gasteiger partial charge in [0.2, 0.25) is 11.8 Å². The lowest BCUT2D eigenvalue weighted by Crippen LogP contribution is -2.40. The molecule has 3 rings (SSSR count). The standard InChI is InChI=1S/C15H16FN3O2S/c1-9(20)19-6-4-10(5-7-19)14(21)18-15-17-12-3-2-11(16)8-13(12)22-15/h2-3,8,10H,4-7H2,1H3,(H,17,18,21). The third-order valence-electron chi connectivity index (χ3n) is 3.89. The summed E-state index contributed by atoms with van der Waals surface area (Å²) in [5.41, 5.74) is 0.674. The predicted molar refractivity (Wildman–Crippen MR) is 83.2 cm³/mol. The highest BCUT2D eigenvalue weighted by molar-refractivity contribution is 7.22. The van der Waals surface area contributed by atoms with Gasteiger partial charge in [0.25, 0.3) is 0 Å². The Morgan fingerprint density at radius 2 is 2.09 bits per heavy atom. The van der Waals surface area contributed by atoms with E-state index in [0.29, 0.717) is 41.3 Å². The van der Waals surface area contributed by atoms with Crippen LogP contribution in [0.25, 0.3) is 10.2 Å². The van der Waals surface area contributed by atoms with E-state index in [1.165, 1.54) is 23.5 Å². The van der Waals surface area contributed by atoms with Crippen molar-refractivity contribution >= 4 is 38.5 Å². The van der Waals surface area contributed by atoms with Crippen LogP contribution in [0.5, 0.6) is 0 Å². The monoisotopic (exact) mass is 321 g/mol. The number of halogens is 1. The maximum absolute atomic E-state index is 13.2. The Labute approximate surface area is 131 Å². The van der Waals surface area contributed by atoms with Crippen molar-refractivity contribution in [2.45, 2.75) is 19.8 Å². The van der Waals surface area contributed by atoms with Crippen LogP contribution in [0.15, 0.2) is 18.2 Å². The SMILES string of the molecule is CC(=O)N1CCC(C(=O)Nc2nc3ccc(F)cc3s2)CC1. The highest BCUT2D eigenvalue weighted by Gasteiger charge is 2.26. The molecule has 7 heteroatoms. The Morgan fingerprint density at radius 3 is 2.77 bits per heavy atom. The van der Waals surface area contributed by atoms with Crippen molar-refractivity contribution in [2.75, 3.05) is 18.4 Å². The van der Waals surface area contributed by atoms with Crippen LogP contribution in [0.2, 0.25) is 0 Å². The average molecular weight is 321 g/mol. The Balaban J connectivity index is 1.65. The van der Waals surface area contributed by atoms with Crippen molar-refractivity contribution in [3.05, 3.63) is 24.0 Å². The van der Waals surface area contributed by atoms with Gasteiger partial charge in [-0.1, -0.05) is 11.3 Å². The van der Waals surface area contributed by atoms with E-state index < -0.39 is 0 Å². The second kappa shape index (κ2) is 6.00. The summed E-state index contributed by atoms with van der Waals surface area (Å²) in [6, 6.07) is 4.36. The Kier molecular flexibility index (Phi) is 4.06. The summed E-state index contributed by atoms with van der Waals surface area (Å²) >= 11 is 1.26. The number of piperidine rings is 1. The van der Waals surface area contributed by atoms with E-state index in [1.807, 2.05) is 0 Å². The number of benzene rings is 1. The number of likely N-dealkylation sites (tertiary alicyclic amines) is 1. The minimum Gasteiger partial charge on any atom is -0.343 e. The first-order chi connectivity index (χ1) is 10.5. The van der Waals surface area contributed by atoms with Gasteiger partial charge in [-0.2, -0.15) is 0 Å². The Morgan fingerprint density at radius 1 is 1.36 bits per heavy atom. The molecule has 1 saturated heterocycles. The first-order valence-electron chi connectivity index (χ1n) is 7.15. The lowest BCUT2D eigenvalue weighted by atomic mass is 9.96. The number of rotatable bonds is 2. The van der Waals surface area contributed by atoms with E-state index in [2.05, 4.69) is 10.3 Å². The molecule has 1 fully saturated rings. The fourth-order valence-electron chi connectivity index (χ4n) is 2.62. The maximum Gasteiger partial charge on any atom is 0.229 e. The zero-order chi connectivity index (χ0) is 15.7. The van der Waals surface area contributed by atoms with Crippen LogP contribution in [-0.2, 0) is 9.59 Å². The van der Waals surface area contributed by atoms with Crippen molar-refractivity contribution in [1.29, 1.82) is 0 Å². The third kappa shape index (κ3) is 3.09. The van der Waals surface area contributed by atoms with E-state index in [4.69, 9.17) is 0 Å². The number of fused-ring (bicyclic) bond motifs is 1. The molecular weight excluding hydrogens is 305 g/mol. The molecule has 116 valence electrons. The zero-order valence-corrected chi connectivity index (χ0v) is 13.0. The fraction of sp³-hybridized carbons (Fsp3) is 0.400. The van der Waals surface area contributed by atoms with Crippen LogP contribution >= 0.6 is 11.3 Å². The predicted octanol–water partition coefficient (Wildman–Crippen LogP) is 2.63. The van der Waals surface area contributed by atoms with Gasteiger partial charge in [-0.05, 0) is 31.0 Å². The third-order valence-corrected chi connectivity index (χ3v) is 4.83. The number of hydrogen-bond acceptors (Lipinski definition) is 4. The topological polar surface area (TPSA) is 62.3 Å². The first kappa shape index (κ1) is 14.9. The minimum absolute atomic E-state index is 0.0482. The molecule has 2 heterocycles. The number of hydrogen-bond donors (Lipinski definition) is 1. The summed E-state index contributed by atoms with van der Waals surface area (Å²) in [4.78, 5) is 29.6. The summed E-state index contributed by atoms with van der Waals surface area (Å²) < 4.78 is 13.9. The second-order valence-electron chi connectivity index (χ2n) is 5.40. The maximum atomic E-state index is 13.2. The molecule has 1 N–H and O–H groups in total. The quantitative estimate of drug-likeness (QED) is 0.925. The molecule has 0 radical (unpaired) electrons. The normalized spacial score (nSPS) is 16.0. The van der Waals surface area contributed by atoms with Crippen LogP contribution in [0.3, 0.4) is 0 Å². The number of nitrogens with zero attached hydrogens (tertiary/aromatic N) is 2. The van der Waals surface area contributed by atoms with Crippen LogP contribution in [-0.4, -0.2) is 34.8 Å². The van der Waals surface area contributed by atoms with Gasteiger partial charge < -0.3 is 10.2 Å². The molecule has 0 saturated carbocycles. The molecule has 2 aromatic rings. The smallest absolute Gasteiger partial charge is 0.229 e. The van der Waals surface area contributed by atoms with E-state index in [9.17, 15) is 14.0 Å². The van der Waals surface area contributed by atoms with Crippen molar-refractivity contribution in [3.8, 4) is 0 Å². The van der Waals surface area contributed by atoms with Crippen molar-refractivity contribution in [3.63, 3.8) is 0 Å². The van der Waals surface area contributed by atoms with Gasteiger partial charge in [-0.3, -0.25) is 9.59 Å². The largest absolute Gasteiger partial charge is 0.343 e. The molecule has 0 aliphatic carbocycles. The van der Waals surface area contributed by atoms with Crippen molar-refractivity contribution in [2.24, 2.45) is 5.92 Å². The Bertz CT molecular complexity index is 723. The number of amides is 2. The van der Waals surface area contributed by atoms with E-state index in [-0.39, 0.29) is 23.5 Å². The van der Waals surface area contributed by atoms with E-state index in [0.717, 1.165) is 0 Å². The van der Waals surface area contributed by atoms with E-state index in [1.54, 1.807) is 17.9 Å². The van der Waals surface area contributed by atoms with Gasteiger partial charge in [0.15, 0.2) is 5.13 Å². The molecule has 0 unspecified atom stereocenters. The fourth-order valence-corrected chi connectivity index (χ4v) is 3.51. The molecule has 22 heavy (non-hydrogen) atoms. The van der Waals surface area contributed by atoms with Crippen LogP contribution in [0.4, 0.5) is 9.52 Å². The summed E-state index contributed by atoms with van der Waals surface area (Å²) in [5.74, 6) is -0.459. The zero-order valence-electron chi connectivity index (χ0n) is 12.1. The molecule has 1 aliphatic rings. The first-order valence-corrected chi connectivity index (χ1v) is 7.97. The number of carbonyl (C=O) groups is 2. The average Bonchev–Trinajstić information content (AvgIpc) is 2.88. The number of anilines is 1. The minimum atomic E-state index is -0.314. The summed E-state index contributed by atoms with van der Waals surface area (Å²) in [7, 11) is 0. The van der Waals surface area contributed by atoms with Gasteiger partial charge >= 0.3 is 0 Å². The lowest BCUT2D eigenvalue weighted by Gasteiger charge is -2.30. The molecule has 5 nitrogen and oxygen atoms in total. The summed E-state index contributed by atoms with van der Waals surface area (Å²) in [5, 5.41) is 3.29. The summed E-state index contributed by atoms with van der Waals surface area (Å²) in [6.45, 7) is 2.76. The molecule has 0 spiro atoms. The second-order valence-corrected chi connectivity index (χ2v) is 6.43. The molecule has 1 aliphatic heterocycles. The van der Waals surface area contributed by atoms with Gasteiger partial charge in [-0.25, -0.2) is 9.37 Å². The number of nitrogens with one attached hydrogen (secondary N) is 1. The molecule has 1 aromatic carbocycles. The van der Waals surface area contributed by atoms with Crippen LogP contribution in [0, 0.1) is 11.7 Å². The van der Waals surface area contributed by atoms with Crippen molar-refractivity contribution < 1.29 is 14.0 Å². The van der Waals surface area contributed by atoms with E-state index >= 15 is 0 Å². The highest BCUT2D eigenvalue weighted by Crippen LogP contribution is 2.27. The van der Waals surface area contributed by atoms with Gasteiger partial charge in [0.1, 0.15) is 5.82 Å². The van der Waals surface area contributed by atoms with Crippen LogP contribution in [0.1, 0.15) is 19.8 Å². The lowest BCUT2D eigenvalue weighted by molar-refractivity contribution is -0.132. The molecule has 2 amide bonds. The molecular formula is C15H16FN3O2S. The van der Waals surface area contributed by atoms with Gasteiger partial charge in [-0.15, -0.1) is 0 Å². The number of aromatic nitrogens is 1. The molecule has 1 aromatic heterocycles. The highest BCUT2D eigenvalue weighted by atomic mass is 32.1. The molecule has 0 atom stereocenters. The Hall–Kier alpha value is -2.02. The van der Waals surface area contributed by atoms with Crippen LogP contribution < -0.4 is 5.32 Å². The molecule has 0 bridgehead atoms. The van der Waals surface area contributed by atoms with Crippen molar-refractivity contribution in [1.82, 2.24) is 9.88 Å². The summed E-state index contributed by atoms with van der Waals surface area (Å²) in [6.07, 6.45) is 1.32. The number of thiazole rings is 1.